The van der Waals surface area contributed by atoms with Crippen molar-refractivity contribution in [2.75, 3.05) is 7.11 Å². The number of hydrogen-bond acceptors (Lipinski definition) is 4. The SMILES string of the molecule is COC(=O)C(C)(C)NC(C)c1ccccc1O. The minimum Gasteiger partial charge on any atom is -0.508 e. The molecule has 0 spiro atoms. The normalized spacial score (nSPS) is 13.2. The summed E-state index contributed by atoms with van der Waals surface area (Å²) in [6.07, 6.45) is 0. The monoisotopic (exact) mass is 237 g/mol. The van der Waals surface area contributed by atoms with Crippen LogP contribution < -0.4 is 5.32 Å². The second-order valence-corrected chi connectivity index (χ2v) is 4.54. The van der Waals surface area contributed by atoms with E-state index in [1.54, 1.807) is 26.0 Å². The Morgan fingerprint density at radius 2 is 2.00 bits per heavy atom. The second-order valence-electron chi connectivity index (χ2n) is 4.54. The predicted molar refractivity (Wildman–Crippen MR) is 65.8 cm³/mol. The maximum Gasteiger partial charge on any atom is 0.325 e. The Morgan fingerprint density at radius 3 is 2.53 bits per heavy atom. The van der Waals surface area contributed by atoms with Crippen LogP contribution in [0.4, 0.5) is 0 Å². The largest absolute Gasteiger partial charge is 0.508 e. The van der Waals surface area contributed by atoms with E-state index in [2.05, 4.69) is 5.32 Å². The maximum absolute atomic E-state index is 11.5. The van der Waals surface area contributed by atoms with Crippen molar-refractivity contribution in [1.82, 2.24) is 5.32 Å². The summed E-state index contributed by atoms with van der Waals surface area (Å²) >= 11 is 0. The fourth-order valence-electron chi connectivity index (χ4n) is 1.79. The summed E-state index contributed by atoms with van der Waals surface area (Å²) in [6.45, 7) is 5.38. The van der Waals surface area contributed by atoms with Gasteiger partial charge >= 0.3 is 5.97 Å². The molecule has 0 radical (unpaired) electrons. The number of rotatable bonds is 4. The average molecular weight is 237 g/mol. The number of ether oxygens (including phenoxy) is 1. The Labute approximate surface area is 102 Å². The van der Waals surface area contributed by atoms with E-state index in [1.807, 2.05) is 19.1 Å². The molecular weight excluding hydrogens is 218 g/mol. The predicted octanol–water partition coefficient (Wildman–Crippen LogP) is 1.99. The summed E-state index contributed by atoms with van der Waals surface area (Å²) in [6, 6.07) is 6.90. The summed E-state index contributed by atoms with van der Waals surface area (Å²) in [4.78, 5) is 11.5. The van der Waals surface area contributed by atoms with E-state index in [1.165, 1.54) is 7.11 Å². The molecule has 0 aliphatic heterocycles. The lowest BCUT2D eigenvalue weighted by molar-refractivity contribution is -0.147. The Kier molecular flexibility index (Phi) is 4.12. The van der Waals surface area contributed by atoms with Crippen LogP contribution in [0.25, 0.3) is 0 Å². The number of phenols is 1. The molecule has 1 atom stereocenters. The van der Waals surface area contributed by atoms with Gasteiger partial charge in [0.15, 0.2) is 0 Å². The first kappa shape index (κ1) is 13.5. The first-order valence-electron chi connectivity index (χ1n) is 5.52. The van der Waals surface area contributed by atoms with Crippen molar-refractivity contribution >= 4 is 5.97 Å². The van der Waals surface area contributed by atoms with Gasteiger partial charge in [0.2, 0.25) is 0 Å². The third kappa shape index (κ3) is 3.20. The molecule has 0 bridgehead atoms. The second kappa shape index (κ2) is 5.19. The Balaban J connectivity index is 2.83. The van der Waals surface area contributed by atoms with Crippen LogP contribution in [0.15, 0.2) is 24.3 Å². The van der Waals surface area contributed by atoms with E-state index in [0.717, 1.165) is 5.56 Å². The van der Waals surface area contributed by atoms with Crippen molar-refractivity contribution in [3.8, 4) is 5.75 Å². The molecule has 1 unspecified atom stereocenters. The van der Waals surface area contributed by atoms with Gasteiger partial charge in [-0.25, -0.2) is 0 Å². The van der Waals surface area contributed by atoms with E-state index in [4.69, 9.17) is 4.74 Å². The number of nitrogens with one attached hydrogen (secondary N) is 1. The molecule has 17 heavy (non-hydrogen) atoms. The number of aromatic hydroxyl groups is 1. The molecule has 0 saturated carbocycles. The van der Waals surface area contributed by atoms with E-state index < -0.39 is 5.54 Å². The fraction of sp³-hybridized carbons (Fsp3) is 0.462. The smallest absolute Gasteiger partial charge is 0.325 e. The molecule has 0 heterocycles. The molecule has 4 heteroatoms. The lowest BCUT2D eigenvalue weighted by Gasteiger charge is -2.28. The molecule has 0 saturated heterocycles. The molecule has 2 N–H and O–H groups in total. The van der Waals surface area contributed by atoms with Gasteiger partial charge in [-0.1, -0.05) is 18.2 Å². The van der Waals surface area contributed by atoms with E-state index in [0.29, 0.717) is 0 Å². The number of para-hydroxylation sites is 1. The Bertz CT molecular complexity index is 401. The van der Waals surface area contributed by atoms with Crippen LogP contribution in [-0.2, 0) is 9.53 Å². The number of methoxy groups -OCH3 is 1. The van der Waals surface area contributed by atoms with E-state index in [-0.39, 0.29) is 17.8 Å². The number of esters is 1. The zero-order valence-electron chi connectivity index (χ0n) is 10.7. The number of hydrogen-bond donors (Lipinski definition) is 2. The van der Waals surface area contributed by atoms with Crippen molar-refractivity contribution in [2.24, 2.45) is 0 Å². The highest BCUT2D eigenvalue weighted by Gasteiger charge is 2.30. The van der Waals surface area contributed by atoms with Crippen LogP contribution in [0, 0.1) is 0 Å². The number of carbonyl (C=O) groups is 1. The molecule has 4 nitrogen and oxygen atoms in total. The van der Waals surface area contributed by atoms with Crippen LogP contribution >= 0.6 is 0 Å². The van der Waals surface area contributed by atoms with Gasteiger partial charge in [0, 0.05) is 11.6 Å². The topological polar surface area (TPSA) is 58.6 Å². The summed E-state index contributed by atoms with van der Waals surface area (Å²) in [5.41, 5.74) is -0.0410. The van der Waals surface area contributed by atoms with Crippen molar-refractivity contribution in [1.29, 1.82) is 0 Å². The zero-order chi connectivity index (χ0) is 13.1. The van der Waals surface area contributed by atoms with Crippen LogP contribution in [0.3, 0.4) is 0 Å². The highest BCUT2D eigenvalue weighted by molar-refractivity contribution is 5.79. The fourth-order valence-corrected chi connectivity index (χ4v) is 1.79. The minimum atomic E-state index is -0.795. The summed E-state index contributed by atoms with van der Waals surface area (Å²) in [7, 11) is 1.36. The molecule has 0 fully saturated rings. The van der Waals surface area contributed by atoms with Gasteiger partial charge in [-0.05, 0) is 26.8 Å². The van der Waals surface area contributed by atoms with Gasteiger partial charge in [0.1, 0.15) is 11.3 Å². The average Bonchev–Trinajstić information content (AvgIpc) is 2.27. The lowest BCUT2D eigenvalue weighted by Crippen LogP contribution is -2.48. The molecule has 1 aromatic rings. The van der Waals surface area contributed by atoms with Gasteiger partial charge in [0.25, 0.3) is 0 Å². The van der Waals surface area contributed by atoms with Gasteiger partial charge in [-0.15, -0.1) is 0 Å². The maximum atomic E-state index is 11.5. The molecule has 0 aromatic heterocycles. The number of phenolic OH excluding ortho intramolecular Hbond substituents is 1. The van der Waals surface area contributed by atoms with Gasteiger partial charge < -0.3 is 9.84 Å². The van der Waals surface area contributed by atoms with Crippen molar-refractivity contribution in [3.05, 3.63) is 29.8 Å². The summed E-state index contributed by atoms with van der Waals surface area (Å²) in [5, 5.41) is 12.8. The quantitative estimate of drug-likeness (QED) is 0.786. The molecule has 0 amide bonds. The van der Waals surface area contributed by atoms with Gasteiger partial charge in [-0.2, -0.15) is 0 Å². The first-order valence-corrected chi connectivity index (χ1v) is 5.52. The zero-order valence-corrected chi connectivity index (χ0v) is 10.7. The molecule has 94 valence electrons. The summed E-state index contributed by atoms with van der Waals surface area (Å²) in [5.74, 6) is -0.118. The highest BCUT2D eigenvalue weighted by Crippen LogP contribution is 2.25. The van der Waals surface area contributed by atoms with Crippen LogP contribution in [0.1, 0.15) is 32.4 Å². The number of benzene rings is 1. The standard InChI is InChI=1S/C13H19NO3/c1-9(10-7-5-6-8-11(10)15)14-13(2,3)12(16)17-4/h5-9,14-15H,1-4H3. The van der Waals surface area contributed by atoms with Crippen molar-refractivity contribution < 1.29 is 14.6 Å². The molecular formula is C13H19NO3. The number of carbonyl (C=O) groups excluding carboxylic acids is 1. The third-order valence-electron chi connectivity index (χ3n) is 2.68. The van der Waals surface area contributed by atoms with Gasteiger partial charge in [-0.3, -0.25) is 10.1 Å². The Morgan fingerprint density at radius 1 is 1.41 bits per heavy atom. The molecule has 1 aromatic carbocycles. The van der Waals surface area contributed by atoms with Crippen LogP contribution in [0.2, 0.25) is 0 Å². The molecule has 0 aliphatic carbocycles. The summed E-state index contributed by atoms with van der Waals surface area (Å²) < 4.78 is 4.72. The van der Waals surface area contributed by atoms with E-state index in [9.17, 15) is 9.90 Å². The highest BCUT2D eigenvalue weighted by atomic mass is 16.5. The van der Waals surface area contributed by atoms with E-state index >= 15 is 0 Å². The van der Waals surface area contributed by atoms with Crippen LogP contribution in [0.5, 0.6) is 5.75 Å². The molecule has 1 rings (SSSR count). The Hall–Kier alpha value is -1.55. The minimum absolute atomic E-state index is 0.148. The molecule has 0 aliphatic rings. The van der Waals surface area contributed by atoms with Crippen LogP contribution in [-0.4, -0.2) is 23.7 Å². The van der Waals surface area contributed by atoms with Crippen molar-refractivity contribution in [3.63, 3.8) is 0 Å². The first-order chi connectivity index (χ1) is 7.88. The van der Waals surface area contributed by atoms with Gasteiger partial charge in [0.05, 0.1) is 7.11 Å². The lowest BCUT2D eigenvalue weighted by atomic mass is 10.0. The third-order valence-corrected chi connectivity index (χ3v) is 2.68. The van der Waals surface area contributed by atoms with Crippen molar-refractivity contribution in [2.45, 2.75) is 32.4 Å².